The van der Waals surface area contributed by atoms with Crippen molar-refractivity contribution in [1.82, 2.24) is 9.97 Å². The summed E-state index contributed by atoms with van der Waals surface area (Å²) in [4.78, 5) is 7.83. The minimum Gasteiger partial charge on any atom is -0.301 e. The van der Waals surface area contributed by atoms with Gasteiger partial charge in [0.05, 0.1) is 11.7 Å². The van der Waals surface area contributed by atoms with Crippen LogP contribution < -0.4 is 0 Å². The Bertz CT molecular complexity index is 472. The molecule has 0 bridgehead atoms. The molecule has 0 aliphatic rings. The zero-order valence-corrected chi connectivity index (χ0v) is 7.36. The van der Waals surface area contributed by atoms with Crippen molar-refractivity contribution in [2.75, 3.05) is 0 Å². The first-order valence-corrected chi connectivity index (χ1v) is 4.70. The molecular formula is C8H6N2O2S. The fourth-order valence-electron chi connectivity index (χ4n) is 1.05. The highest BCUT2D eigenvalue weighted by molar-refractivity contribution is 7.79. The van der Waals surface area contributed by atoms with Crippen LogP contribution in [0, 0.1) is 0 Å². The van der Waals surface area contributed by atoms with Crippen LogP contribution in [-0.2, 0) is 11.1 Å². The SMILES string of the molecule is O=S(O)c1ccc2ccncc2n1. The van der Waals surface area contributed by atoms with Crippen molar-refractivity contribution in [3.8, 4) is 0 Å². The molecule has 0 saturated heterocycles. The quantitative estimate of drug-likeness (QED) is 0.693. The van der Waals surface area contributed by atoms with Gasteiger partial charge >= 0.3 is 0 Å². The lowest BCUT2D eigenvalue weighted by molar-refractivity contribution is 0.561. The molecule has 66 valence electrons. The molecule has 0 aliphatic carbocycles. The monoisotopic (exact) mass is 194 g/mol. The Hall–Kier alpha value is -1.33. The lowest BCUT2D eigenvalue weighted by atomic mass is 10.3. The molecule has 0 fully saturated rings. The predicted molar refractivity (Wildman–Crippen MR) is 48.6 cm³/mol. The Morgan fingerprint density at radius 2 is 2.15 bits per heavy atom. The smallest absolute Gasteiger partial charge is 0.205 e. The van der Waals surface area contributed by atoms with E-state index in [0.29, 0.717) is 5.52 Å². The van der Waals surface area contributed by atoms with E-state index in [9.17, 15) is 4.21 Å². The lowest BCUT2D eigenvalue weighted by Gasteiger charge is -1.97. The first-order chi connectivity index (χ1) is 6.27. The second-order valence-corrected chi connectivity index (χ2v) is 3.38. The molecule has 2 heterocycles. The predicted octanol–water partition coefficient (Wildman–Crippen LogP) is 1.21. The lowest BCUT2D eigenvalue weighted by Crippen LogP contribution is -1.92. The van der Waals surface area contributed by atoms with Crippen LogP contribution in [0.25, 0.3) is 10.9 Å². The van der Waals surface area contributed by atoms with E-state index < -0.39 is 11.1 Å². The van der Waals surface area contributed by atoms with Crippen molar-refractivity contribution >= 4 is 22.0 Å². The van der Waals surface area contributed by atoms with Crippen LogP contribution in [0.2, 0.25) is 0 Å². The second kappa shape index (κ2) is 3.20. The van der Waals surface area contributed by atoms with Gasteiger partial charge in [-0.1, -0.05) is 0 Å². The second-order valence-electron chi connectivity index (χ2n) is 2.47. The molecule has 2 rings (SSSR count). The summed E-state index contributed by atoms with van der Waals surface area (Å²) in [5, 5.41) is 1.06. The number of nitrogens with zero attached hydrogens (tertiary/aromatic N) is 2. The maximum atomic E-state index is 10.7. The van der Waals surface area contributed by atoms with Crippen LogP contribution in [0.15, 0.2) is 35.6 Å². The van der Waals surface area contributed by atoms with Crippen molar-refractivity contribution in [2.24, 2.45) is 0 Å². The van der Waals surface area contributed by atoms with Gasteiger partial charge < -0.3 is 4.55 Å². The average molecular weight is 194 g/mol. The highest BCUT2D eigenvalue weighted by Crippen LogP contribution is 2.11. The Balaban J connectivity index is 2.69. The molecule has 1 N–H and O–H groups in total. The molecule has 0 aliphatic heterocycles. The molecule has 1 atom stereocenters. The van der Waals surface area contributed by atoms with E-state index in [1.165, 1.54) is 6.07 Å². The molecule has 0 spiro atoms. The summed E-state index contributed by atoms with van der Waals surface area (Å²) in [5.74, 6) is 0. The summed E-state index contributed by atoms with van der Waals surface area (Å²) in [6, 6.07) is 5.07. The van der Waals surface area contributed by atoms with E-state index in [1.54, 1.807) is 24.5 Å². The van der Waals surface area contributed by atoms with Crippen LogP contribution >= 0.6 is 0 Å². The molecule has 1 unspecified atom stereocenters. The Morgan fingerprint density at radius 1 is 1.31 bits per heavy atom. The van der Waals surface area contributed by atoms with E-state index in [0.717, 1.165) is 5.39 Å². The van der Waals surface area contributed by atoms with Crippen molar-refractivity contribution in [3.05, 3.63) is 30.6 Å². The van der Waals surface area contributed by atoms with Gasteiger partial charge in [-0.05, 0) is 18.2 Å². The van der Waals surface area contributed by atoms with Crippen LogP contribution in [0.4, 0.5) is 0 Å². The molecule has 2 aromatic heterocycles. The van der Waals surface area contributed by atoms with E-state index in [4.69, 9.17) is 4.55 Å². The summed E-state index contributed by atoms with van der Waals surface area (Å²) in [6.07, 6.45) is 3.21. The normalized spacial score (nSPS) is 13.0. The standard InChI is InChI=1S/C8H6N2O2S/c11-13(12)8-2-1-6-3-4-9-5-7(6)10-8/h1-5H,(H,11,12). The fourth-order valence-corrected chi connectivity index (χ4v) is 1.41. The van der Waals surface area contributed by atoms with Crippen molar-refractivity contribution < 1.29 is 8.76 Å². The molecule has 4 nitrogen and oxygen atoms in total. The highest BCUT2D eigenvalue weighted by Gasteiger charge is 2.02. The van der Waals surface area contributed by atoms with E-state index in [1.807, 2.05) is 0 Å². The summed E-state index contributed by atoms with van der Waals surface area (Å²) < 4.78 is 19.4. The summed E-state index contributed by atoms with van der Waals surface area (Å²) in [7, 11) is 0. The molecule has 2 aromatic rings. The first kappa shape index (κ1) is 8.28. The van der Waals surface area contributed by atoms with Crippen molar-refractivity contribution in [2.45, 2.75) is 5.03 Å². The van der Waals surface area contributed by atoms with E-state index in [-0.39, 0.29) is 5.03 Å². The Morgan fingerprint density at radius 3 is 2.92 bits per heavy atom. The number of hydrogen-bond donors (Lipinski definition) is 1. The zero-order chi connectivity index (χ0) is 9.26. The first-order valence-electron chi connectivity index (χ1n) is 3.59. The number of aromatic nitrogens is 2. The van der Waals surface area contributed by atoms with Gasteiger partial charge in [0, 0.05) is 11.6 Å². The van der Waals surface area contributed by atoms with Crippen LogP contribution in [0.1, 0.15) is 0 Å². The molecule has 13 heavy (non-hydrogen) atoms. The highest BCUT2D eigenvalue weighted by atomic mass is 32.2. The van der Waals surface area contributed by atoms with Gasteiger partial charge in [-0.3, -0.25) is 4.98 Å². The molecule has 0 saturated carbocycles. The summed E-state index contributed by atoms with van der Waals surface area (Å²) in [6.45, 7) is 0. The maximum absolute atomic E-state index is 10.7. The van der Waals surface area contributed by atoms with Gasteiger partial charge in [0.15, 0.2) is 5.03 Å². The Kier molecular flexibility index (Phi) is 2.03. The van der Waals surface area contributed by atoms with Gasteiger partial charge in [0.2, 0.25) is 11.1 Å². The molecule has 0 amide bonds. The minimum atomic E-state index is -2.02. The third-order valence-corrected chi connectivity index (χ3v) is 2.23. The fraction of sp³-hybridized carbons (Fsp3) is 0. The number of hydrogen-bond acceptors (Lipinski definition) is 3. The van der Waals surface area contributed by atoms with Gasteiger partial charge in [-0.2, -0.15) is 0 Å². The summed E-state index contributed by atoms with van der Waals surface area (Å²) >= 11 is -2.02. The molecular weight excluding hydrogens is 188 g/mol. The zero-order valence-electron chi connectivity index (χ0n) is 6.54. The van der Waals surface area contributed by atoms with Crippen LogP contribution in [-0.4, -0.2) is 18.7 Å². The average Bonchev–Trinajstić information content (AvgIpc) is 2.17. The van der Waals surface area contributed by atoms with Gasteiger partial charge in [-0.25, -0.2) is 9.19 Å². The number of rotatable bonds is 1. The molecule has 0 radical (unpaired) electrons. The van der Waals surface area contributed by atoms with E-state index >= 15 is 0 Å². The number of pyridine rings is 2. The maximum Gasteiger partial charge on any atom is 0.205 e. The van der Waals surface area contributed by atoms with Gasteiger partial charge in [0.25, 0.3) is 0 Å². The van der Waals surface area contributed by atoms with Crippen LogP contribution in [0.5, 0.6) is 0 Å². The Labute approximate surface area is 76.9 Å². The van der Waals surface area contributed by atoms with Gasteiger partial charge in [0.1, 0.15) is 0 Å². The van der Waals surface area contributed by atoms with Gasteiger partial charge in [-0.15, -0.1) is 0 Å². The molecule has 5 heteroatoms. The largest absolute Gasteiger partial charge is 0.301 e. The van der Waals surface area contributed by atoms with Crippen molar-refractivity contribution in [3.63, 3.8) is 0 Å². The topological polar surface area (TPSA) is 63.1 Å². The number of fused-ring (bicyclic) bond motifs is 1. The third kappa shape index (κ3) is 1.56. The molecule has 0 aromatic carbocycles. The minimum absolute atomic E-state index is 0.153. The summed E-state index contributed by atoms with van der Waals surface area (Å²) in [5.41, 5.74) is 0.627. The van der Waals surface area contributed by atoms with E-state index in [2.05, 4.69) is 9.97 Å². The van der Waals surface area contributed by atoms with Crippen LogP contribution in [0.3, 0.4) is 0 Å². The van der Waals surface area contributed by atoms with Crippen molar-refractivity contribution in [1.29, 1.82) is 0 Å². The third-order valence-electron chi connectivity index (χ3n) is 1.65.